The van der Waals surface area contributed by atoms with Crippen LogP contribution in [0.3, 0.4) is 0 Å². The molecule has 0 saturated carbocycles. The van der Waals surface area contributed by atoms with E-state index in [2.05, 4.69) is 4.74 Å². The molecule has 3 rings (SSSR count). The number of carbonyl (C=O) groups is 1. The summed E-state index contributed by atoms with van der Waals surface area (Å²) in [6.45, 7) is 0.376. The fourth-order valence-electron chi connectivity index (χ4n) is 3.17. The van der Waals surface area contributed by atoms with Crippen molar-refractivity contribution in [2.75, 3.05) is 23.7 Å². The maximum atomic E-state index is 12.5. The van der Waals surface area contributed by atoms with Crippen molar-refractivity contribution in [3.63, 3.8) is 0 Å². The molecule has 31 heavy (non-hydrogen) atoms. The Hall–Kier alpha value is -3.01. The van der Waals surface area contributed by atoms with Crippen molar-refractivity contribution >= 4 is 27.7 Å². The Kier molecular flexibility index (Phi) is 6.59. The van der Waals surface area contributed by atoms with Gasteiger partial charge in [-0.3, -0.25) is 9.10 Å². The second-order valence-electron chi connectivity index (χ2n) is 7.02. The molecule has 2 aromatic rings. The van der Waals surface area contributed by atoms with Crippen LogP contribution in [0.1, 0.15) is 17.5 Å². The zero-order valence-corrected chi connectivity index (χ0v) is 17.5. The van der Waals surface area contributed by atoms with Crippen LogP contribution in [-0.4, -0.2) is 44.9 Å². The van der Waals surface area contributed by atoms with Gasteiger partial charge in [-0.15, -0.1) is 13.2 Å². The highest BCUT2D eigenvalue weighted by Gasteiger charge is 2.32. The van der Waals surface area contributed by atoms with Gasteiger partial charge in [-0.1, -0.05) is 30.3 Å². The smallest absolute Gasteiger partial charge is 0.405 e. The van der Waals surface area contributed by atoms with Gasteiger partial charge in [0.15, 0.2) is 0 Å². The zero-order valence-electron chi connectivity index (χ0n) is 16.7. The summed E-state index contributed by atoms with van der Waals surface area (Å²) in [4.78, 5) is 13.6. The second kappa shape index (κ2) is 9.01. The van der Waals surface area contributed by atoms with Crippen molar-refractivity contribution in [1.82, 2.24) is 4.90 Å². The fraction of sp³-hybridized carbons (Fsp3) is 0.286. The number of ether oxygens (including phenoxy) is 1. The number of alkyl halides is 3. The summed E-state index contributed by atoms with van der Waals surface area (Å²) < 4.78 is 67.0. The van der Waals surface area contributed by atoms with Crippen molar-refractivity contribution in [3.8, 4) is 5.75 Å². The third-order valence-electron chi connectivity index (χ3n) is 4.68. The molecule has 1 amide bonds. The molecule has 0 spiro atoms. The monoisotopic (exact) mass is 454 g/mol. The largest absolute Gasteiger partial charge is 0.573 e. The Bertz CT molecular complexity index is 1070. The molecule has 1 heterocycles. The molecule has 2 aromatic carbocycles. The predicted octanol–water partition coefficient (Wildman–Crippen LogP) is 3.80. The van der Waals surface area contributed by atoms with Gasteiger partial charge in [0, 0.05) is 31.8 Å². The minimum Gasteiger partial charge on any atom is -0.405 e. The van der Waals surface area contributed by atoms with Crippen molar-refractivity contribution < 1.29 is 31.1 Å². The van der Waals surface area contributed by atoms with Crippen LogP contribution < -0.4 is 9.04 Å². The van der Waals surface area contributed by atoms with Crippen LogP contribution in [0.2, 0.25) is 0 Å². The van der Waals surface area contributed by atoms with E-state index in [1.165, 1.54) is 40.5 Å². The van der Waals surface area contributed by atoms with Crippen LogP contribution in [0.4, 0.5) is 18.9 Å². The quantitative estimate of drug-likeness (QED) is 0.623. The number of hydrogen-bond donors (Lipinski definition) is 0. The summed E-state index contributed by atoms with van der Waals surface area (Å²) in [5, 5.41) is 0. The third-order valence-corrected chi connectivity index (χ3v) is 6.55. The van der Waals surface area contributed by atoms with E-state index in [4.69, 9.17) is 0 Å². The number of hydrogen-bond acceptors (Lipinski definition) is 4. The Morgan fingerprint density at radius 1 is 1.16 bits per heavy atom. The molecule has 0 bridgehead atoms. The first kappa shape index (κ1) is 22.7. The number of nitrogens with zero attached hydrogens (tertiary/aromatic N) is 2. The van der Waals surface area contributed by atoms with Crippen LogP contribution in [0, 0.1) is 0 Å². The van der Waals surface area contributed by atoms with E-state index in [0.717, 1.165) is 0 Å². The van der Waals surface area contributed by atoms with Crippen LogP contribution >= 0.6 is 0 Å². The number of carbonyl (C=O) groups excluding carboxylic acids is 1. The molecule has 0 aromatic heterocycles. The predicted molar refractivity (Wildman–Crippen MR) is 111 cm³/mol. The van der Waals surface area contributed by atoms with E-state index in [9.17, 15) is 26.4 Å². The number of benzene rings is 2. The Morgan fingerprint density at radius 2 is 1.84 bits per heavy atom. The molecule has 0 N–H and O–H groups in total. The normalized spacial score (nSPS) is 15.9. The standard InChI is InChI=1S/C21H21F3N2O4S/c1-25(15-17-5-2-3-6-19(17)30-21(22,23)24)20(27)12-9-16-7-10-18(11-8-16)26-13-4-14-31(26,28)29/h2-3,5-12H,4,13-15H2,1H3/b12-9+. The topological polar surface area (TPSA) is 66.9 Å². The SMILES string of the molecule is CN(Cc1ccccc1OC(F)(F)F)C(=O)/C=C/c1ccc(N2CCCS2(=O)=O)cc1. The first-order chi connectivity index (χ1) is 14.5. The first-order valence-corrected chi connectivity index (χ1v) is 11.0. The maximum absolute atomic E-state index is 12.5. The molecule has 166 valence electrons. The van der Waals surface area contributed by atoms with E-state index in [0.29, 0.717) is 24.2 Å². The number of halogens is 3. The molecule has 1 aliphatic heterocycles. The molecule has 6 nitrogen and oxygen atoms in total. The van der Waals surface area contributed by atoms with Gasteiger partial charge in [0.1, 0.15) is 5.75 Å². The van der Waals surface area contributed by atoms with Crippen molar-refractivity contribution in [2.45, 2.75) is 19.3 Å². The number of sulfonamides is 1. The van der Waals surface area contributed by atoms with Gasteiger partial charge in [-0.05, 0) is 36.3 Å². The number of rotatable bonds is 6. The fourth-order valence-corrected chi connectivity index (χ4v) is 4.73. The van der Waals surface area contributed by atoms with E-state index in [1.807, 2.05) is 0 Å². The van der Waals surface area contributed by atoms with E-state index in [-0.39, 0.29) is 23.6 Å². The van der Waals surface area contributed by atoms with Gasteiger partial charge in [0.25, 0.3) is 0 Å². The molecular formula is C21H21F3N2O4S. The van der Waals surface area contributed by atoms with Crippen molar-refractivity contribution in [1.29, 1.82) is 0 Å². The van der Waals surface area contributed by atoms with E-state index < -0.39 is 22.3 Å². The highest BCUT2D eigenvalue weighted by atomic mass is 32.2. The summed E-state index contributed by atoms with van der Waals surface area (Å²) >= 11 is 0. The van der Waals surface area contributed by atoms with Gasteiger partial charge in [0.2, 0.25) is 15.9 Å². The number of anilines is 1. The van der Waals surface area contributed by atoms with Crippen molar-refractivity contribution in [3.05, 3.63) is 65.7 Å². The summed E-state index contributed by atoms with van der Waals surface area (Å²) in [6.07, 6.45) is -1.38. The summed E-state index contributed by atoms with van der Waals surface area (Å²) in [6, 6.07) is 12.4. The molecule has 0 aliphatic carbocycles. The molecule has 1 aliphatic rings. The van der Waals surface area contributed by atoms with Gasteiger partial charge >= 0.3 is 6.36 Å². The minimum atomic E-state index is -4.82. The molecule has 10 heteroatoms. The lowest BCUT2D eigenvalue weighted by Gasteiger charge is -2.18. The molecule has 0 atom stereocenters. The number of para-hydroxylation sites is 1. The lowest BCUT2D eigenvalue weighted by molar-refractivity contribution is -0.275. The molecule has 0 radical (unpaired) electrons. The van der Waals surface area contributed by atoms with Crippen LogP contribution in [0.5, 0.6) is 5.75 Å². The van der Waals surface area contributed by atoms with Gasteiger partial charge < -0.3 is 9.64 Å². The van der Waals surface area contributed by atoms with Crippen LogP contribution in [0.15, 0.2) is 54.6 Å². The third kappa shape index (κ3) is 6.00. The maximum Gasteiger partial charge on any atom is 0.573 e. The van der Waals surface area contributed by atoms with Crippen molar-refractivity contribution in [2.24, 2.45) is 0 Å². The minimum absolute atomic E-state index is 0.0683. The second-order valence-corrected chi connectivity index (χ2v) is 9.03. The highest BCUT2D eigenvalue weighted by molar-refractivity contribution is 7.93. The lowest BCUT2D eigenvalue weighted by atomic mass is 10.1. The summed E-state index contributed by atoms with van der Waals surface area (Å²) in [7, 11) is -1.79. The molecular weight excluding hydrogens is 433 g/mol. The Labute approximate surface area is 178 Å². The summed E-state index contributed by atoms with van der Waals surface area (Å²) in [5.74, 6) is -0.633. The Balaban J connectivity index is 1.64. The highest BCUT2D eigenvalue weighted by Crippen LogP contribution is 2.27. The zero-order chi connectivity index (χ0) is 22.6. The van der Waals surface area contributed by atoms with Crippen LogP contribution in [0.25, 0.3) is 6.08 Å². The average Bonchev–Trinajstić information content (AvgIpc) is 3.06. The van der Waals surface area contributed by atoms with E-state index >= 15 is 0 Å². The summed E-state index contributed by atoms with van der Waals surface area (Å²) in [5.41, 5.74) is 1.47. The molecule has 1 saturated heterocycles. The molecule has 0 unspecified atom stereocenters. The Morgan fingerprint density at radius 3 is 2.45 bits per heavy atom. The first-order valence-electron chi connectivity index (χ1n) is 9.42. The van der Waals surface area contributed by atoms with Gasteiger partial charge in [0.05, 0.1) is 11.4 Å². The lowest BCUT2D eigenvalue weighted by Crippen LogP contribution is -2.25. The van der Waals surface area contributed by atoms with Gasteiger partial charge in [-0.25, -0.2) is 8.42 Å². The van der Waals surface area contributed by atoms with E-state index in [1.54, 1.807) is 36.4 Å². The number of amides is 1. The van der Waals surface area contributed by atoms with Crippen LogP contribution in [-0.2, 0) is 21.4 Å². The van der Waals surface area contributed by atoms with Gasteiger partial charge in [-0.2, -0.15) is 0 Å². The molecule has 1 fully saturated rings. The number of likely N-dealkylation sites (N-methyl/N-ethyl adjacent to an activating group) is 1. The average molecular weight is 454 g/mol.